The van der Waals surface area contributed by atoms with Crippen molar-refractivity contribution in [2.24, 2.45) is 5.10 Å². The highest BCUT2D eigenvalue weighted by atomic mass is 31.2. The average Bonchev–Trinajstić information content (AvgIpc) is 3.11. The van der Waals surface area contributed by atoms with E-state index < -0.39 is 39.0 Å². The standard InChI is InChI=1S/C14H18N5O7P/c1-7-16-17(2)8-3-4-15-13-10(8)18(7)6-19(13)14-12(21)11(20)9(26-14)5-25-27(22,23)24/h3-4,6,9,11-12,14,20-21H,5H2,1-2H3,(H-,22,23,24)/p+1/t9-,11-,12-,14-/m1/s1. The summed E-state index contributed by atoms with van der Waals surface area (Å²) in [7, 11) is -2.92. The molecular weight excluding hydrogens is 381 g/mol. The smallest absolute Gasteiger partial charge is 0.387 e. The lowest BCUT2D eigenvalue weighted by atomic mass is 10.1. The van der Waals surface area contributed by atoms with Gasteiger partial charge in [-0.2, -0.15) is 4.57 Å². The van der Waals surface area contributed by atoms with Crippen LogP contribution >= 0.6 is 7.82 Å². The number of aromatic nitrogens is 3. The average molecular weight is 400 g/mol. The van der Waals surface area contributed by atoms with Crippen molar-refractivity contribution in [3.63, 3.8) is 0 Å². The van der Waals surface area contributed by atoms with E-state index in [0.29, 0.717) is 11.5 Å². The molecule has 4 N–H and O–H groups in total. The van der Waals surface area contributed by atoms with Crippen molar-refractivity contribution < 1.29 is 38.4 Å². The third-order valence-corrected chi connectivity index (χ3v) is 5.10. The summed E-state index contributed by atoms with van der Waals surface area (Å²) < 4.78 is 24.3. The Hall–Kier alpha value is -1.92. The molecule has 4 atom stereocenters. The Morgan fingerprint density at radius 3 is 2.81 bits per heavy atom. The zero-order chi connectivity index (χ0) is 19.5. The number of pyridine rings is 1. The lowest BCUT2D eigenvalue weighted by molar-refractivity contribution is -0.529. The summed E-state index contributed by atoms with van der Waals surface area (Å²) in [5.74, 6) is 0.677. The fourth-order valence-corrected chi connectivity index (χ4v) is 3.71. The first-order valence-corrected chi connectivity index (χ1v) is 9.62. The number of imidazole rings is 1. The van der Waals surface area contributed by atoms with Crippen LogP contribution in [0.5, 0.6) is 0 Å². The van der Waals surface area contributed by atoms with Gasteiger partial charge in [0.15, 0.2) is 11.8 Å². The molecule has 2 aliphatic rings. The van der Waals surface area contributed by atoms with Crippen LogP contribution in [-0.4, -0.2) is 67.4 Å². The van der Waals surface area contributed by atoms with E-state index in [9.17, 15) is 14.8 Å². The van der Waals surface area contributed by atoms with Gasteiger partial charge in [-0.1, -0.05) is 0 Å². The normalized spacial score (nSPS) is 28.1. The first kappa shape index (κ1) is 18.4. The largest absolute Gasteiger partial charge is 0.469 e. The molecular formula is C14H19N5O7P+. The van der Waals surface area contributed by atoms with Crippen molar-refractivity contribution in [3.8, 4) is 0 Å². The molecule has 146 valence electrons. The van der Waals surface area contributed by atoms with E-state index in [1.165, 1.54) is 0 Å². The number of ether oxygens (including phenoxy) is 1. The quantitative estimate of drug-likeness (QED) is 0.362. The molecule has 2 aromatic heterocycles. The highest BCUT2D eigenvalue weighted by Gasteiger charge is 2.47. The topological polar surface area (TPSA) is 154 Å². The number of aliphatic hydroxyl groups is 2. The molecule has 1 fully saturated rings. The molecule has 4 rings (SSSR count). The van der Waals surface area contributed by atoms with Gasteiger partial charge in [0.25, 0.3) is 5.84 Å². The summed E-state index contributed by atoms with van der Waals surface area (Å²) >= 11 is 0. The molecule has 4 heterocycles. The minimum atomic E-state index is -4.73. The van der Waals surface area contributed by atoms with Crippen LogP contribution in [0.4, 0.5) is 5.69 Å². The number of anilines is 1. The molecule has 1 saturated heterocycles. The van der Waals surface area contributed by atoms with Crippen molar-refractivity contribution in [3.05, 3.63) is 18.6 Å². The number of phosphoric ester groups is 1. The van der Waals surface area contributed by atoms with Gasteiger partial charge in [0.2, 0.25) is 11.9 Å². The van der Waals surface area contributed by atoms with E-state index in [1.54, 1.807) is 39.8 Å². The van der Waals surface area contributed by atoms with Gasteiger partial charge in [0.05, 0.1) is 6.61 Å². The second-order valence-electron chi connectivity index (χ2n) is 6.40. The third kappa shape index (κ3) is 3.05. The number of nitrogens with zero attached hydrogens (tertiary/aromatic N) is 5. The molecule has 0 aromatic carbocycles. The Balaban J connectivity index is 1.72. The molecule has 13 heteroatoms. The van der Waals surface area contributed by atoms with Crippen LogP contribution in [0.1, 0.15) is 13.2 Å². The SMILES string of the molecule is CC1=NN(C)c2ccnc3c2[n+]1cn3[C@@H]1O[C@H](COP(=O)(O)O)[C@@H](O)[C@H]1O. The fourth-order valence-electron chi connectivity index (χ4n) is 3.37. The summed E-state index contributed by atoms with van der Waals surface area (Å²) in [6.45, 7) is 1.24. The van der Waals surface area contributed by atoms with E-state index in [0.717, 1.165) is 11.2 Å². The number of hydrogen-bond acceptors (Lipinski definition) is 8. The zero-order valence-electron chi connectivity index (χ0n) is 14.4. The summed E-state index contributed by atoms with van der Waals surface area (Å²) in [4.78, 5) is 22.0. The maximum Gasteiger partial charge on any atom is 0.469 e. The van der Waals surface area contributed by atoms with E-state index in [4.69, 9.17) is 14.5 Å². The van der Waals surface area contributed by atoms with Gasteiger partial charge in [-0.25, -0.2) is 19.1 Å². The van der Waals surface area contributed by atoms with Gasteiger partial charge in [-0.05, 0) is 11.2 Å². The highest BCUT2D eigenvalue weighted by Crippen LogP contribution is 2.39. The zero-order valence-corrected chi connectivity index (χ0v) is 15.3. The van der Waals surface area contributed by atoms with Crippen LogP contribution in [0.2, 0.25) is 0 Å². The highest BCUT2D eigenvalue weighted by molar-refractivity contribution is 7.46. The van der Waals surface area contributed by atoms with Gasteiger partial charge in [-0.15, -0.1) is 0 Å². The summed E-state index contributed by atoms with van der Waals surface area (Å²) in [6, 6.07) is 1.80. The molecule has 0 radical (unpaired) electrons. The Morgan fingerprint density at radius 2 is 2.11 bits per heavy atom. The van der Waals surface area contributed by atoms with E-state index in [-0.39, 0.29) is 0 Å². The number of aliphatic hydroxyl groups excluding tert-OH is 2. The summed E-state index contributed by atoms with van der Waals surface area (Å²) in [5.41, 5.74) is 2.06. The Kier molecular flexibility index (Phi) is 4.31. The molecule has 2 aromatic rings. The van der Waals surface area contributed by atoms with Crippen LogP contribution in [0, 0.1) is 0 Å². The first-order valence-electron chi connectivity index (χ1n) is 8.09. The van der Waals surface area contributed by atoms with E-state index in [1.807, 2.05) is 6.92 Å². The van der Waals surface area contributed by atoms with E-state index >= 15 is 0 Å². The predicted octanol–water partition coefficient (Wildman–Crippen LogP) is -1.32. The predicted molar refractivity (Wildman–Crippen MR) is 90.8 cm³/mol. The lowest BCUT2D eigenvalue weighted by Gasteiger charge is -2.14. The van der Waals surface area contributed by atoms with Crippen molar-refractivity contribution >= 4 is 30.5 Å². The van der Waals surface area contributed by atoms with Crippen molar-refractivity contribution in [1.29, 1.82) is 0 Å². The number of hydrazone groups is 1. The molecule has 0 amide bonds. The third-order valence-electron chi connectivity index (χ3n) is 4.62. The molecule has 0 aliphatic carbocycles. The Labute approximate surface area is 153 Å². The molecule has 0 bridgehead atoms. The van der Waals surface area contributed by atoms with Crippen LogP contribution in [0.3, 0.4) is 0 Å². The van der Waals surface area contributed by atoms with Crippen LogP contribution in [0.15, 0.2) is 23.7 Å². The number of phosphoric acid groups is 1. The Morgan fingerprint density at radius 1 is 1.37 bits per heavy atom. The molecule has 0 spiro atoms. The maximum absolute atomic E-state index is 10.9. The number of hydrogen-bond donors (Lipinski definition) is 4. The second kappa shape index (κ2) is 6.31. The molecule has 0 unspecified atom stereocenters. The second-order valence-corrected chi connectivity index (χ2v) is 7.64. The first-order chi connectivity index (χ1) is 12.7. The maximum atomic E-state index is 10.9. The van der Waals surface area contributed by atoms with E-state index in [2.05, 4.69) is 14.6 Å². The van der Waals surface area contributed by atoms with Crippen LogP contribution in [-0.2, 0) is 13.8 Å². The van der Waals surface area contributed by atoms with Gasteiger partial charge < -0.3 is 24.7 Å². The summed E-state index contributed by atoms with van der Waals surface area (Å²) in [6.07, 6.45) is -1.63. The number of rotatable bonds is 4. The monoisotopic (exact) mass is 400 g/mol. The minimum Gasteiger partial charge on any atom is -0.387 e. The molecule has 27 heavy (non-hydrogen) atoms. The molecule has 12 nitrogen and oxygen atoms in total. The van der Waals surface area contributed by atoms with Crippen LogP contribution in [0.25, 0.3) is 11.2 Å². The van der Waals surface area contributed by atoms with Gasteiger partial charge in [0, 0.05) is 20.2 Å². The lowest BCUT2D eigenvalue weighted by Crippen LogP contribution is -2.44. The van der Waals surface area contributed by atoms with Gasteiger partial charge in [-0.3, -0.25) is 4.52 Å². The summed E-state index contributed by atoms with van der Waals surface area (Å²) in [5, 5.41) is 26.8. The molecule has 2 aliphatic heterocycles. The van der Waals surface area contributed by atoms with Crippen molar-refractivity contribution in [2.75, 3.05) is 18.7 Å². The minimum absolute atomic E-state index is 0.501. The Bertz CT molecular complexity index is 972. The van der Waals surface area contributed by atoms with Crippen molar-refractivity contribution in [2.45, 2.75) is 31.5 Å². The fraction of sp³-hybridized carbons (Fsp3) is 0.500. The molecule has 0 saturated carbocycles. The van der Waals surface area contributed by atoms with Crippen molar-refractivity contribution in [1.82, 2.24) is 9.55 Å². The van der Waals surface area contributed by atoms with Crippen LogP contribution < -0.4 is 9.58 Å². The van der Waals surface area contributed by atoms with Gasteiger partial charge >= 0.3 is 7.82 Å². The van der Waals surface area contributed by atoms with Gasteiger partial charge in [0.1, 0.15) is 24.0 Å².